The highest BCUT2D eigenvalue weighted by Gasteiger charge is 2.27. The van der Waals surface area contributed by atoms with Gasteiger partial charge in [0.15, 0.2) is 0 Å². The summed E-state index contributed by atoms with van der Waals surface area (Å²) in [5.41, 5.74) is 6.05. The summed E-state index contributed by atoms with van der Waals surface area (Å²) in [5, 5.41) is 0.352. The Labute approximate surface area is 118 Å². The summed E-state index contributed by atoms with van der Waals surface area (Å²) in [7, 11) is 0. The summed E-state index contributed by atoms with van der Waals surface area (Å²) >= 11 is 6.03. The highest BCUT2D eigenvalue weighted by molar-refractivity contribution is 6.33. The van der Waals surface area contributed by atoms with Crippen LogP contribution < -0.4 is 5.73 Å². The van der Waals surface area contributed by atoms with Gasteiger partial charge in [0.25, 0.3) is 5.91 Å². The summed E-state index contributed by atoms with van der Waals surface area (Å²) in [4.78, 5) is 20.5. The summed E-state index contributed by atoms with van der Waals surface area (Å²) in [6.45, 7) is 7.59. The number of nitrogens with two attached hydrogens (primary N) is 1. The number of carbonyl (C=O) groups excluding carboxylic acids is 1. The number of hydrogen-bond acceptors (Lipinski definition) is 4. The molecule has 1 aromatic rings. The van der Waals surface area contributed by atoms with E-state index in [2.05, 4.69) is 23.7 Å². The fraction of sp³-hybridized carbons (Fsp3) is 0.538. The van der Waals surface area contributed by atoms with Gasteiger partial charge in [0.05, 0.1) is 10.6 Å². The van der Waals surface area contributed by atoms with Gasteiger partial charge >= 0.3 is 0 Å². The Kier molecular flexibility index (Phi) is 4.27. The molecular formula is C13H19ClN4O. The van der Waals surface area contributed by atoms with E-state index < -0.39 is 0 Å². The highest BCUT2D eigenvalue weighted by Crippen LogP contribution is 2.20. The van der Waals surface area contributed by atoms with Crippen LogP contribution >= 0.6 is 11.6 Å². The Balaban J connectivity index is 2.14. The molecule has 0 aliphatic carbocycles. The number of pyridine rings is 1. The lowest BCUT2D eigenvalue weighted by molar-refractivity contribution is 0.0528. The highest BCUT2D eigenvalue weighted by atomic mass is 35.5. The van der Waals surface area contributed by atoms with Crippen LogP contribution in [0.3, 0.4) is 0 Å². The van der Waals surface area contributed by atoms with Crippen molar-refractivity contribution >= 4 is 23.3 Å². The van der Waals surface area contributed by atoms with E-state index in [9.17, 15) is 4.79 Å². The van der Waals surface area contributed by atoms with E-state index in [4.69, 9.17) is 17.3 Å². The molecule has 1 aliphatic heterocycles. The van der Waals surface area contributed by atoms with Gasteiger partial charge in [0.1, 0.15) is 5.82 Å². The van der Waals surface area contributed by atoms with Gasteiger partial charge in [-0.3, -0.25) is 9.69 Å². The number of carbonyl (C=O) groups is 1. The van der Waals surface area contributed by atoms with Crippen LogP contribution in [0.25, 0.3) is 0 Å². The second kappa shape index (κ2) is 5.75. The van der Waals surface area contributed by atoms with E-state index in [1.165, 1.54) is 6.20 Å². The number of piperazine rings is 1. The molecule has 19 heavy (non-hydrogen) atoms. The van der Waals surface area contributed by atoms with Crippen LogP contribution in [-0.4, -0.2) is 52.9 Å². The van der Waals surface area contributed by atoms with Gasteiger partial charge in [-0.05, 0) is 19.5 Å². The molecule has 2 rings (SSSR count). The minimum atomic E-state index is -0.0679. The number of hydrogen-bond donors (Lipinski definition) is 1. The Morgan fingerprint density at radius 2 is 2.32 bits per heavy atom. The summed E-state index contributed by atoms with van der Waals surface area (Å²) < 4.78 is 0. The topological polar surface area (TPSA) is 62.5 Å². The predicted molar refractivity (Wildman–Crippen MR) is 76.3 cm³/mol. The van der Waals surface area contributed by atoms with Crippen LogP contribution in [0.2, 0.25) is 5.02 Å². The molecule has 2 heterocycles. The first-order valence-corrected chi connectivity index (χ1v) is 6.85. The lowest BCUT2D eigenvalue weighted by atomic mass is 10.1. The molecule has 1 amide bonds. The maximum atomic E-state index is 12.5. The number of halogens is 1. The number of aromatic nitrogens is 1. The number of rotatable bonds is 2. The van der Waals surface area contributed by atoms with E-state index in [1.807, 2.05) is 4.90 Å². The Hall–Kier alpha value is -1.33. The molecule has 1 unspecified atom stereocenters. The molecular weight excluding hydrogens is 264 g/mol. The van der Waals surface area contributed by atoms with Gasteiger partial charge in [-0.25, -0.2) is 4.98 Å². The van der Waals surface area contributed by atoms with E-state index in [1.54, 1.807) is 6.07 Å². The molecule has 1 atom stereocenters. The molecule has 0 radical (unpaired) electrons. The quantitative estimate of drug-likeness (QED) is 0.893. The molecule has 0 saturated carbocycles. The van der Waals surface area contributed by atoms with E-state index in [0.717, 1.165) is 19.6 Å². The largest absolute Gasteiger partial charge is 0.384 e. The van der Waals surface area contributed by atoms with Gasteiger partial charge in [-0.2, -0.15) is 0 Å². The lowest BCUT2D eigenvalue weighted by Crippen LogP contribution is -2.53. The van der Waals surface area contributed by atoms with E-state index >= 15 is 0 Å². The maximum Gasteiger partial charge on any atom is 0.255 e. The van der Waals surface area contributed by atoms with Crippen LogP contribution in [-0.2, 0) is 0 Å². The van der Waals surface area contributed by atoms with Crippen LogP contribution in [0, 0.1) is 0 Å². The number of anilines is 1. The zero-order valence-electron chi connectivity index (χ0n) is 11.3. The van der Waals surface area contributed by atoms with Gasteiger partial charge in [0.2, 0.25) is 0 Å². The van der Waals surface area contributed by atoms with Crippen molar-refractivity contribution in [2.24, 2.45) is 0 Å². The fourth-order valence-corrected chi connectivity index (χ4v) is 2.62. The number of nitrogen functional groups attached to an aromatic ring is 1. The Morgan fingerprint density at radius 3 is 2.95 bits per heavy atom. The van der Waals surface area contributed by atoms with E-state index in [-0.39, 0.29) is 5.91 Å². The van der Waals surface area contributed by atoms with Crippen molar-refractivity contribution in [3.8, 4) is 0 Å². The second-order valence-corrected chi connectivity index (χ2v) is 5.22. The van der Waals surface area contributed by atoms with Crippen molar-refractivity contribution in [3.05, 3.63) is 22.8 Å². The molecule has 1 fully saturated rings. The van der Waals surface area contributed by atoms with Crippen molar-refractivity contribution in [2.45, 2.75) is 19.9 Å². The van der Waals surface area contributed by atoms with Crippen LogP contribution in [0.4, 0.5) is 5.82 Å². The van der Waals surface area contributed by atoms with Crippen molar-refractivity contribution in [3.63, 3.8) is 0 Å². The third kappa shape index (κ3) is 2.98. The molecule has 0 spiro atoms. The summed E-state index contributed by atoms with van der Waals surface area (Å²) in [6, 6.07) is 1.90. The average molecular weight is 283 g/mol. The first kappa shape index (κ1) is 14.1. The lowest BCUT2D eigenvalue weighted by Gasteiger charge is -2.39. The molecule has 0 bridgehead atoms. The smallest absolute Gasteiger partial charge is 0.255 e. The first-order chi connectivity index (χ1) is 9.02. The predicted octanol–water partition coefficient (Wildman–Crippen LogP) is 1.48. The van der Waals surface area contributed by atoms with Crippen LogP contribution in [0.5, 0.6) is 0 Å². The number of nitrogens with zero attached hydrogens (tertiary/aromatic N) is 3. The average Bonchev–Trinajstić information content (AvgIpc) is 2.40. The van der Waals surface area contributed by atoms with Crippen LogP contribution in [0.1, 0.15) is 24.2 Å². The summed E-state index contributed by atoms with van der Waals surface area (Å²) in [5.74, 6) is 0.245. The first-order valence-electron chi connectivity index (χ1n) is 6.47. The monoisotopic (exact) mass is 282 g/mol. The van der Waals surface area contributed by atoms with Gasteiger partial charge in [-0.15, -0.1) is 0 Å². The van der Waals surface area contributed by atoms with Gasteiger partial charge < -0.3 is 10.6 Å². The molecule has 1 aromatic heterocycles. The fourth-order valence-electron chi connectivity index (χ4n) is 2.44. The zero-order valence-corrected chi connectivity index (χ0v) is 12.0. The minimum absolute atomic E-state index is 0.0679. The molecule has 1 saturated heterocycles. The van der Waals surface area contributed by atoms with Crippen molar-refractivity contribution < 1.29 is 4.79 Å². The number of amides is 1. The van der Waals surface area contributed by atoms with Crippen molar-refractivity contribution in [1.82, 2.24) is 14.8 Å². The maximum absolute atomic E-state index is 12.5. The third-order valence-corrected chi connectivity index (χ3v) is 3.87. The molecule has 6 heteroatoms. The van der Waals surface area contributed by atoms with Crippen molar-refractivity contribution in [2.75, 3.05) is 31.9 Å². The third-order valence-electron chi connectivity index (χ3n) is 3.57. The molecule has 1 aliphatic rings. The number of likely N-dealkylation sites (N-methyl/N-ethyl adjacent to an activating group) is 1. The van der Waals surface area contributed by atoms with Gasteiger partial charge in [-0.1, -0.05) is 18.5 Å². The second-order valence-electron chi connectivity index (χ2n) is 4.82. The normalized spacial score (nSPS) is 20.6. The van der Waals surface area contributed by atoms with Crippen molar-refractivity contribution in [1.29, 1.82) is 0 Å². The van der Waals surface area contributed by atoms with Crippen LogP contribution in [0.15, 0.2) is 12.3 Å². The summed E-state index contributed by atoms with van der Waals surface area (Å²) in [6.07, 6.45) is 1.43. The Morgan fingerprint density at radius 1 is 1.58 bits per heavy atom. The molecule has 0 aromatic carbocycles. The van der Waals surface area contributed by atoms with E-state index in [0.29, 0.717) is 29.0 Å². The Bertz CT molecular complexity index is 480. The standard InChI is InChI=1S/C13H19ClN4O/c1-3-17-4-5-18(8-9(17)2)13(19)10-6-12(15)16-7-11(10)14/h6-7,9H,3-5,8H2,1-2H3,(H2,15,16). The molecule has 5 nitrogen and oxygen atoms in total. The molecule has 104 valence electrons. The minimum Gasteiger partial charge on any atom is -0.384 e. The molecule has 2 N–H and O–H groups in total. The zero-order chi connectivity index (χ0) is 14.0. The van der Waals surface area contributed by atoms with Gasteiger partial charge in [0, 0.05) is 31.9 Å². The SMILES string of the molecule is CCN1CCN(C(=O)c2cc(N)ncc2Cl)CC1C.